The van der Waals surface area contributed by atoms with Crippen molar-refractivity contribution in [3.05, 3.63) is 33.5 Å². The van der Waals surface area contributed by atoms with Crippen molar-refractivity contribution in [1.82, 2.24) is 5.32 Å². The molecule has 1 N–H and O–H groups in total. The molecule has 0 saturated heterocycles. The van der Waals surface area contributed by atoms with Gasteiger partial charge < -0.3 is 5.32 Å². The van der Waals surface area contributed by atoms with Gasteiger partial charge in [-0.05, 0) is 43.6 Å². The Morgan fingerprint density at radius 3 is 3.16 bits per heavy atom. The Hall–Kier alpha value is -1.60. The highest BCUT2D eigenvalue weighted by Gasteiger charge is 2.12. The number of nitriles is 1. The van der Waals surface area contributed by atoms with Crippen molar-refractivity contribution in [3.8, 4) is 6.07 Å². The van der Waals surface area contributed by atoms with E-state index < -0.39 is 0 Å². The van der Waals surface area contributed by atoms with E-state index in [4.69, 9.17) is 5.26 Å². The van der Waals surface area contributed by atoms with Gasteiger partial charge in [0.25, 0.3) is 5.91 Å². The van der Waals surface area contributed by atoms with Gasteiger partial charge in [-0.1, -0.05) is 18.1 Å². The molecule has 0 aromatic carbocycles. The van der Waals surface area contributed by atoms with E-state index in [0.29, 0.717) is 17.0 Å². The molecule has 0 atom stereocenters. The molecule has 3 nitrogen and oxygen atoms in total. The summed E-state index contributed by atoms with van der Waals surface area (Å²) in [4.78, 5) is 12.4. The molecule has 1 aliphatic rings. The van der Waals surface area contributed by atoms with Gasteiger partial charge in [-0.25, -0.2) is 0 Å². The van der Waals surface area contributed by atoms with E-state index in [0.717, 1.165) is 12.8 Å². The number of rotatable bonds is 4. The van der Waals surface area contributed by atoms with E-state index in [-0.39, 0.29) is 5.91 Å². The van der Waals surface area contributed by atoms with Crippen LogP contribution in [-0.2, 0) is 0 Å². The SMILES string of the molecule is N#Cc1ccsc1C(=O)NCCC1=CCCCCC1. The molecule has 0 spiro atoms. The third kappa shape index (κ3) is 3.93. The van der Waals surface area contributed by atoms with Crippen LogP contribution in [0.2, 0.25) is 0 Å². The van der Waals surface area contributed by atoms with E-state index >= 15 is 0 Å². The second-order valence-corrected chi connectivity index (χ2v) is 5.66. The van der Waals surface area contributed by atoms with Crippen molar-refractivity contribution < 1.29 is 4.79 Å². The van der Waals surface area contributed by atoms with Gasteiger partial charge >= 0.3 is 0 Å². The molecule has 0 saturated carbocycles. The summed E-state index contributed by atoms with van der Waals surface area (Å²) in [6, 6.07) is 3.73. The van der Waals surface area contributed by atoms with Crippen LogP contribution in [-0.4, -0.2) is 12.5 Å². The summed E-state index contributed by atoms with van der Waals surface area (Å²) >= 11 is 1.32. The van der Waals surface area contributed by atoms with Crippen molar-refractivity contribution in [2.24, 2.45) is 0 Å². The van der Waals surface area contributed by atoms with Crippen LogP contribution in [0.25, 0.3) is 0 Å². The predicted molar refractivity (Wildman–Crippen MR) is 77.2 cm³/mol. The van der Waals surface area contributed by atoms with Crippen LogP contribution in [0.1, 0.15) is 53.8 Å². The molecule has 2 rings (SSSR count). The topological polar surface area (TPSA) is 52.9 Å². The van der Waals surface area contributed by atoms with E-state index in [9.17, 15) is 4.79 Å². The van der Waals surface area contributed by atoms with Crippen molar-refractivity contribution in [2.45, 2.75) is 38.5 Å². The van der Waals surface area contributed by atoms with Gasteiger partial charge in [0.2, 0.25) is 0 Å². The fraction of sp³-hybridized carbons (Fsp3) is 0.467. The summed E-state index contributed by atoms with van der Waals surface area (Å²) < 4.78 is 0. The average Bonchev–Trinajstić information content (AvgIpc) is 2.76. The summed E-state index contributed by atoms with van der Waals surface area (Å²) in [7, 11) is 0. The van der Waals surface area contributed by atoms with Crippen LogP contribution < -0.4 is 5.32 Å². The fourth-order valence-electron chi connectivity index (χ4n) is 2.30. The molecule has 100 valence electrons. The van der Waals surface area contributed by atoms with Crippen LogP contribution in [0, 0.1) is 11.3 Å². The molecule has 0 fully saturated rings. The van der Waals surface area contributed by atoms with Crippen molar-refractivity contribution in [2.75, 3.05) is 6.54 Å². The van der Waals surface area contributed by atoms with E-state index in [1.54, 1.807) is 11.4 Å². The maximum Gasteiger partial charge on any atom is 0.262 e. The Balaban J connectivity index is 1.81. The largest absolute Gasteiger partial charge is 0.351 e. The number of carbonyl (C=O) groups excluding carboxylic acids is 1. The van der Waals surface area contributed by atoms with Crippen LogP contribution in [0.15, 0.2) is 23.1 Å². The van der Waals surface area contributed by atoms with Crippen LogP contribution in [0.4, 0.5) is 0 Å². The van der Waals surface area contributed by atoms with Crippen molar-refractivity contribution in [1.29, 1.82) is 5.26 Å². The minimum Gasteiger partial charge on any atom is -0.351 e. The Morgan fingerprint density at radius 1 is 1.42 bits per heavy atom. The minimum absolute atomic E-state index is 0.124. The summed E-state index contributed by atoms with van der Waals surface area (Å²) in [5.74, 6) is -0.124. The molecule has 1 heterocycles. The zero-order valence-corrected chi connectivity index (χ0v) is 11.8. The highest BCUT2D eigenvalue weighted by Crippen LogP contribution is 2.19. The van der Waals surface area contributed by atoms with Crippen molar-refractivity contribution >= 4 is 17.2 Å². The molecule has 0 radical (unpaired) electrons. The molecule has 1 aliphatic carbocycles. The third-order valence-electron chi connectivity index (χ3n) is 3.36. The monoisotopic (exact) mass is 274 g/mol. The number of hydrogen-bond donors (Lipinski definition) is 1. The standard InChI is InChI=1S/C15H18N2OS/c16-11-13-8-10-19-14(13)15(18)17-9-7-12-5-3-1-2-4-6-12/h5,8,10H,1-4,6-7,9H2,(H,17,18). The van der Waals surface area contributed by atoms with E-state index in [1.807, 2.05) is 6.07 Å². The lowest BCUT2D eigenvalue weighted by Gasteiger charge is -2.07. The minimum atomic E-state index is -0.124. The van der Waals surface area contributed by atoms with Gasteiger partial charge in [-0.3, -0.25) is 4.79 Å². The lowest BCUT2D eigenvalue weighted by atomic mass is 10.1. The maximum absolute atomic E-state index is 11.9. The van der Waals surface area contributed by atoms with E-state index in [2.05, 4.69) is 11.4 Å². The second kappa shape index (κ2) is 7.10. The Labute approximate surface area is 117 Å². The van der Waals surface area contributed by atoms with Gasteiger partial charge in [-0.2, -0.15) is 5.26 Å². The first-order valence-electron chi connectivity index (χ1n) is 6.75. The van der Waals surface area contributed by atoms with Gasteiger partial charge in [-0.15, -0.1) is 11.3 Å². The Morgan fingerprint density at radius 2 is 2.32 bits per heavy atom. The number of allylic oxidation sites excluding steroid dienone is 1. The molecule has 1 amide bonds. The van der Waals surface area contributed by atoms with Gasteiger partial charge in [0.15, 0.2) is 0 Å². The number of carbonyl (C=O) groups is 1. The third-order valence-corrected chi connectivity index (χ3v) is 4.27. The van der Waals surface area contributed by atoms with Crippen LogP contribution in [0.5, 0.6) is 0 Å². The number of hydrogen-bond acceptors (Lipinski definition) is 3. The van der Waals surface area contributed by atoms with Gasteiger partial charge in [0, 0.05) is 6.54 Å². The summed E-state index contributed by atoms with van der Waals surface area (Å²) in [6.07, 6.45) is 9.46. The Kier molecular flexibility index (Phi) is 5.17. The van der Waals surface area contributed by atoms with E-state index in [1.165, 1.54) is 42.6 Å². The molecule has 0 unspecified atom stereocenters. The summed E-state index contributed by atoms with van der Waals surface area (Å²) in [5, 5.41) is 13.6. The quantitative estimate of drug-likeness (QED) is 0.852. The summed E-state index contributed by atoms with van der Waals surface area (Å²) in [5.41, 5.74) is 1.93. The first kappa shape index (κ1) is 13.8. The number of nitrogens with zero attached hydrogens (tertiary/aromatic N) is 1. The lowest BCUT2D eigenvalue weighted by molar-refractivity contribution is 0.0958. The fourth-order valence-corrected chi connectivity index (χ4v) is 3.06. The zero-order valence-electron chi connectivity index (χ0n) is 10.9. The molecule has 0 aliphatic heterocycles. The normalized spacial score (nSPS) is 15.2. The lowest BCUT2D eigenvalue weighted by Crippen LogP contribution is -2.24. The van der Waals surface area contributed by atoms with Gasteiger partial charge in [0.05, 0.1) is 5.56 Å². The molecule has 0 bridgehead atoms. The zero-order chi connectivity index (χ0) is 13.5. The maximum atomic E-state index is 11.9. The molecular weight excluding hydrogens is 256 g/mol. The van der Waals surface area contributed by atoms with Crippen LogP contribution >= 0.6 is 11.3 Å². The molecule has 19 heavy (non-hydrogen) atoms. The highest BCUT2D eigenvalue weighted by atomic mass is 32.1. The predicted octanol–water partition coefficient (Wildman–Crippen LogP) is 3.63. The highest BCUT2D eigenvalue weighted by molar-refractivity contribution is 7.12. The molecule has 1 aromatic rings. The smallest absolute Gasteiger partial charge is 0.262 e. The first-order valence-corrected chi connectivity index (χ1v) is 7.63. The molecular formula is C15H18N2OS. The average molecular weight is 274 g/mol. The molecule has 1 aromatic heterocycles. The first-order chi connectivity index (χ1) is 9.31. The number of nitrogens with one attached hydrogen (secondary N) is 1. The number of amides is 1. The Bertz CT molecular complexity index is 510. The molecule has 4 heteroatoms. The van der Waals surface area contributed by atoms with Crippen LogP contribution in [0.3, 0.4) is 0 Å². The van der Waals surface area contributed by atoms with Gasteiger partial charge in [0.1, 0.15) is 10.9 Å². The number of thiophene rings is 1. The van der Waals surface area contributed by atoms with Crippen molar-refractivity contribution in [3.63, 3.8) is 0 Å². The summed E-state index contributed by atoms with van der Waals surface area (Å²) in [6.45, 7) is 0.660. The second-order valence-electron chi connectivity index (χ2n) is 4.74.